The monoisotopic (exact) mass is 317 g/mol. The summed E-state index contributed by atoms with van der Waals surface area (Å²) in [6, 6.07) is 7.55. The summed E-state index contributed by atoms with van der Waals surface area (Å²) in [5, 5.41) is 6.05. The van der Waals surface area contributed by atoms with Gasteiger partial charge in [-0.05, 0) is 30.5 Å². The summed E-state index contributed by atoms with van der Waals surface area (Å²) < 4.78 is 5.29. The lowest BCUT2D eigenvalue weighted by molar-refractivity contribution is -0.126. The Labute approximate surface area is 136 Å². The minimum Gasteiger partial charge on any atom is -0.378 e. The summed E-state index contributed by atoms with van der Waals surface area (Å²) in [5.74, 6) is 0.153. The van der Waals surface area contributed by atoms with Crippen molar-refractivity contribution in [1.82, 2.24) is 10.6 Å². The number of hydrogen-bond acceptors (Lipinski definition) is 4. The average molecular weight is 317 g/mol. The molecule has 2 aliphatic heterocycles. The molecule has 0 aliphatic carbocycles. The van der Waals surface area contributed by atoms with E-state index in [2.05, 4.69) is 10.6 Å². The molecule has 2 N–H and O–H groups in total. The van der Waals surface area contributed by atoms with Crippen LogP contribution in [0.4, 0.5) is 5.69 Å². The minimum absolute atomic E-state index is 0.0417. The van der Waals surface area contributed by atoms with E-state index in [1.165, 1.54) is 0 Å². The molecule has 0 radical (unpaired) electrons. The predicted molar refractivity (Wildman–Crippen MR) is 87.1 cm³/mol. The van der Waals surface area contributed by atoms with E-state index in [4.69, 9.17) is 4.74 Å². The van der Waals surface area contributed by atoms with Crippen molar-refractivity contribution in [2.45, 2.75) is 31.8 Å². The summed E-state index contributed by atoms with van der Waals surface area (Å²) in [6.07, 6.45) is 2.67. The highest BCUT2D eigenvalue weighted by atomic mass is 16.5. The van der Waals surface area contributed by atoms with Gasteiger partial charge in [-0.1, -0.05) is 12.1 Å². The Morgan fingerprint density at radius 2 is 2.13 bits per heavy atom. The first-order valence-corrected chi connectivity index (χ1v) is 8.22. The summed E-state index contributed by atoms with van der Waals surface area (Å²) in [7, 11) is 0. The first-order chi connectivity index (χ1) is 11.2. The second-order valence-corrected chi connectivity index (χ2v) is 5.97. The molecule has 0 saturated carbocycles. The van der Waals surface area contributed by atoms with Gasteiger partial charge in [-0.15, -0.1) is 0 Å². The van der Waals surface area contributed by atoms with Gasteiger partial charge in [0, 0.05) is 31.7 Å². The van der Waals surface area contributed by atoms with Crippen molar-refractivity contribution in [2.24, 2.45) is 0 Å². The van der Waals surface area contributed by atoms with Crippen molar-refractivity contribution in [3.8, 4) is 0 Å². The molecule has 0 aromatic heterocycles. The van der Waals surface area contributed by atoms with E-state index in [0.29, 0.717) is 32.7 Å². The third-order valence-corrected chi connectivity index (χ3v) is 4.28. The molecule has 1 atom stereocenters. The van der Waals surface area contributed by atoms with E-state index in [1.807, 2.05) is 29.2 Å². The maximum Gasteiger partial charge on any atom is 0.239 e. The van der Waals surface area contributed by atoms with Gasteiger partial charge in [0.1, 0.15) is 6.04 Å². The lowest BCUT2D eigenvalue weighted by Gasteiger charge is -2.27. The number of anilines is 1. The van der Waals surface area contributed by atoms with Crippen LogP contribution in [0.2, 0.25) is 0 Å². The Bertz CT molecular complexity index is 553. The zero-order chi connectivity index (χ0) is 16.1. The van der Waals surface area contributed by atoms with E-state index >= 15 is 0 Å². The Morgan fingerprint density at radius 1 is 1.30 bits per heavy atom. The molecule has 124 valence electrons. The van der Waals surface area contributed by atoms with Crippen LogP contribution < -0.4 is 15.5 Å². The highest BCUT2D eigenvalue weighted by Crippen LogP contribution is 2.21. The summed E-state index contributed by atoms with van der Waals surface area (Å²) in [6.45, 7) is 3.05. The molecule has 6 nitrogen and oxygen atoms in total. The van der Waals surface area contributed by atoms with Crippen molar-refractivity contribution >= 4 is 17.5 Å². The summed E-state index contributed by atoms with van der Waals surface area (Å²) >= 11 is 0. The fraction of sp³-hybridized carbons (Fsp3) is 0.529. The molecule has 1 aromatic rings. The molecule has 2 saturated heterocycles. The highest BCUT2D eigenvalue weighted by Gasteiger charge is 2.21. The van der Waals surface area contributed by atoms with E-state index in [1.54, 1.807) is 0 Å². The first-order valence-electron chi connectivity index (χ1n) is 8.22. The molecule has 0 spiro atoms. The second-order valence-electron chi connectivity index (χ2n) is 5.97. The van der Waals surface area contributed by atoms with Gasteiger partial charge in [0.25, 0.3) is 0 Å². The number of rotatable bonds is 4. The number of carbonyl (C=O) groups is 2. The molecule has 6 heteroatoms. The normalized spacial score (nSPS) is 22.0. The fourth-order valence-electron chi connectivity index (χ4n) is 2.92. The molecule has 0 bridgehead atoms. The molecule has 2 heterocycles. The second kappa shape index (κ2) is 7.57. The van der Waals surface area contributed by atoms with Crippen LogP contribution in [-0.4, -0.2) is 44.2 Å². The number of piperidine rings is 1. The number of nitrogens with one attached hydrogen (secondary N) is 2. The van der Waals surface area contributed by atoms with Crippen LogP contribution in [0.25, 0.3) is 0 Å². The van der Waals surface area contributed by atoms with Gasteiger partial charge < -0.3 is 20.3 Å². The maximum atomic E-state index is 12.0. The Kier molecular flexibility index (Phi) is 5.25. The Morgan fingerprint density at radius 3 is 2.83 bits per heavy atom. The van der Waals surface area contributed by atoms with Gasteiger partial charge in [-0.25, -0.2) is 0 Å². The van der Waals surface area contributed by atoms with Crippen LogP contribution in [-0.2, 0) is 20.9 Å². The number of hydrogen-bond donors (Lipinski definition) is 2. The lowest BCUT2D eigenvalue weighted by atomic mass is 10.1. The molecule has 2 aliphatic rings. The van der Waals surface area contributed by atoms with Crippen LogP contribution >= 0.6 is 0 Å². The Hall–Kier alpha value is -1.92. The number of morpholine rings is 1. The largest absolute Gasteiger partial charge is 0.378 e. The molecule has 2 fully saturated rings. The molecule has 1 unspecified atom stereocenters. The fourth-order valence-corrected chi connectivity index (χ4v) is 2.92. The van der Waals surface area contributed by atoms with Crippen molar-refractivity contribution in [3.63, 3.8) is 0 Å². The molecule has 1 aromatic carbocycles. The Balaban J connectivity index is 1.53. The van der Waals surface area contributed by atoms with Crippen LogP contribution in [0.3, 0.4) is 0 Å². The zero-order valence-electron chi connectivity index (χ0n) is 13.2. The SMILES string of the molecule is O=C(NCc1ccc(N2CCCCC2=O)cc1)C1COCCN1. The number of amides is 2. The minimum atomic E-state index is -0.269. The third kappa shape index (κ3) is 4.09. The zero-order valence-corrected chi connectivity index (χ0v) is 13.2. The molecular weight excluding hydrogens is 294 g/mol. The maximum absolute atomic E-state index is 12.0. The quantitative estimate of drug-likeness (QED) is 0.862. The molecule has 2 amide bonds. The first kappa shape index (κ1) is 16.0. The van der Waals surface area contributed by atoms with Crippen LogP contribution in [0.1, 0.15) is 24.8 Å². The number of ether oxygens (including phenoxy) is 1. The molecular formula is C17H23N3O3. The van der Waals surface area contributed by atoms with E-state index < -0.39 is 0 Å². The van der Waals surface area contributed by atoms with Crippen molar-refractivity contribution < 1.29 is 14.3 Å². The molecule has 3 rings (SSSR count). The topological polar surface area (TPSA) is 70.7 Å². The number of carbonyl (C=O) groups excluding carboxylic acids is 2. The van der Waals surface area contributed by atoms with Crippen LogP contribution in [0.5, 0.6) is 0 Å². The smallest absolute Gasteiger partial charge is 0.239 e. The molecule has 23 heavy (non-hydrogen) atoms. The number of nitrogens with zero attached hydrogens (tertiary/aromatic N) is 1. The number of benzene rings is 1. The highest BCUT2D eigenvalue weighted by molar-refractivity contribution is 5.93. The standard InChI is InChI=1S/C17H23N3O3/c21-16-3-1-2-9-20(16)14-6-4-13(5-7-14)11-19-17(22)15-12-23-10-8-18-15/h4-7,15,18H,1-3,8-12H2,(H,19,22). The van der Waals surface area contributed by atoms with Gasteiger partial charge in [0.05, 0.1) is 13.2 Å². The van der Waals surface area contributed by atoms with E-state index in [-0.39, 0.29) is 17.9 Å². The van der Waals surface area contributed by atoms with Gasteiger partial charge >= 0.3 is 0 Å². The van der Waals surface area contributed by atoms with Crippen molar-refractivity contribution in [3.05, 3.63) is 29.8 Å². The van der Waals surface area contributed by atoms with E-state index in [9.17, 15) is 9.59 Å². The summed E-state index contributed by atoms with van der Waals surface area (Å²) in [4.78, 5) is 25.8. The van der Waals surface area contributed by atoms with Crippen LogP contribution in [0, 0.1) is 0 Å². The predicted octanol–water partition coefficient (Wildman–Crippen LogP) is 0.808. The summed E-state index contributed by atoms with van der Waals surface area (Å²) in [5.41, 5.74) is 1.95. The third-order valence-electron chi connectivity index (χ3n) is 4.28. The van der Waals surface area contributed by atoms with Gasteiger partial charge in [-0.3, -0.25) is 9.59 Å². The van der Waals surface area contributed by atoms with Crippen molar-refractivity contribution in [2.75, 3.05) is 31.2 Å². The lowest BCUT2D eigenvalue weighted by Crippen LogP contribution is -2.51. The van der Waals surface area contributed by atoms with Crippen LogP contribution in [0.15, 0.2) is 24.3 Å². The van der Waals surface area contributed by atoms with Gasteiger partial charge in [0.15, 0.2) is 0 Å². The van der Waals surface area contributed by atoms with Gasteiger partial charge in [-0.2, -0.15) is 0 Å². The van der Waals surface area contributed by atoms with E-state index in [0.717, 1.165) is 30.6 Å². The van der Waals surface area contributed by atoms with Crippen molar-refractivity contribution in [1.29, 1.82) is 0 Å². The average Bonchev–Trinajstić information content (AvgIpc) is 2.61. The van der Waals surface area contributed by atoms with Gasteiger partial charge in [0.2, 0.25) is 11.8 Å².